The minimum Gasteiger partial charge on any atom is -0.347 e. The van der Waals surface area contributed by atoms with E-state index < -0.39 is 0 Å². The number of nitrogens with one attached hydrogen (secondary N) is 2. The normalized spacial score (nSPS) is 12.1. The molecule has 4 N–H and O–H groups in total. The Morgan fingerprint density at radius 3 is 2.77 bits per heavy atom. The highest BCUT2D eigenvalue weighted by Crippen LogP contribution is 2.18. The quantitative estimate of drug-likeness (QED) is 0.734. The molecule has 1 aromatic carbocycles. The molecule has 1 aromatic heterocycles. The number of carbonyl (C=O) groups excluding carboxylic acids is 1. The third kappa shape index (κ3) is 4.14. The van der Waals surface area contributed by atoms with Gasteiger partial charge in [-0.05, 0) is 36.8 Å². The molecule has 5 nitrogen and oxygen atoms in total. The Hall–Kier alpha value is -2.21. The molecule has 0 saturated carbocycles. The van der Waals surface area contributed by atoms with Crippen LogP contribution in [0.15, 0.2) is 30.3 Å². The Morgan fingerprint density at radius 2 is 2.14 bits per heavy atom. The third-order valence-corrected chi connectivity index (χ3v) is 3.49. The fraction of sp³-hybridized carbons (Fsp3) is 0.375. The monoisotopic (exact) mass is 304 g/mol. The zero-order valence-electron chi connectivity index (χ0n) is 12.6. The molecule has 2 aromatic rings. The van der Waals surface area contributed by atoms with Crippen LogP contribution in [0.25, 0.3) is 11.3 Å². The van der Waals surface area contributed by atoms with Crippen LogP contribution in [0.1, 0.15) is 36.7 Å². The van der Waals surface area contributed by atoms with Gasteiger partial charge in [0.2, 0.25) is 0 Å². The van der Waals surface area contributed by atoms with Gasteiger partial charge in [-0.3, -0.25) is 9.89 Å². The smallest absolute Gasteiger partial charge is 0.269 e. The standard InChI is InChI=1S/C16H21FN4O/c1-2-3-4-13(10-18)19-16(22)15-9-14(20-21-15)11-5-7-12(17)8-6-11/h5-9,13H,2-4,10,18H2,1H3,(H,19,22)(H,20,21). The van der Waals surface area contributed by atoms with Gasteiger partial charge < -0.3 is 11.1 Å². The Labute approximate surface area is 129 Å². The molecule has 1 atom stereocenters. The topological polar surface area (TPSA) is 83.8 Å². The molecular formula is C16H21FN4O. The van der Waals surface area contributed by atoms with E-state index in [4.69, 9.17) is 5.73 Å². The van der Waals surface area contributed by atoms with Gasteiger partial charge in [0, 0.05) is 18.2 Å². The van der Waals surface area contributed by atoms with E-state index in [0.717, 1.165) is 24.8 Å². The summed E-state index contributed by atoms with van der Waals surface area (Å²) >= 11 is 0. The first-order valence-electron chi connectivity index (χ1n) is 7.46. The number of rotatable bonds is 7. The second kappa shape index (κ2) is 7.70. The summed E-state index contributed by atoms with van der Waals surface area (Å²) in [5, 5.41) is 9.70. The van der Waals surface area contributed by atoms with E-state index in [1.807, 2.05) is 0 Å². The number of aromatic nitrogens is 2. The van der Waals surface area contributed by atoms with Crippen LogP contribution in [0, 0.1) is 5.82 Å². The number of nitrogens with zero attached hydrogens (tertiary/aromatic N) is 1. The molecule has 6 heteroatoms. The van der Waals surface area contributed by atoms with Crippen molar-refractivity contribution in [2.45, 2.75) is 32.2 Å². The van der Waals surface area contributed by atoms with Gasteiger partial charge >= 0.3 is 0 Å². The lowest BCUT2D eigenvalue weighted by Crippen LogP contribution is -2.40. The van der Waals surface area contributed by atoms with Crippen molar-refractivity contribution in [1.82, 2.24) is 15.5 Å². The van der Waals surface area contributed by atoms with Crippen LogP contribution in [-0.4, -0.2) is 28.7 Å². The van der Waals surface area contributed by atoms with Crippen LogP contribution in [0.3, 0.4) is 0 Å². The van der Waals surface area contributed by atoms with E-state index in [9.17, 15) is 9.18 Å². The number of amides is 1. The van der Waals surface area contributed by atoms with E-state index in [1.54, 1.807) is 18.2 Å². The number of unbranched alkanes of at least 4 members (excludes halogenated alkanes) is 1. The molecule has 22 heavy (non-hydrogen) atoms. The largest absolute Gasteiger partial charge is 0.347 e. The van der Waals surface area contributed by atoms with E-state index in [2.05, 4.69) is 22.4 Å². The molecule has 0 spiro atoms. The van der Waals surface area contributed by atoms with Crippen molar-refractivity contribution in [2.24, 2.45) is 5.73 Å². The molecule has 1 unspecified atom stereocenters. The minimum absolute atomic E-state index is 0.0370. The average molecular weight is 304 g/mol. The summed E-state index contributed by atoms with van der Waals surface area (Å²) in [6.07, 6.45) is 2.94. The summed E-state index contributed by atoms with van der Waals surface area (Å²) in [6.45, 7) is 2.50. The van der Waals surface area contributed by atoms with Crippen LogP contribution < -0.4 is 11.1 Å². The van der Waals surface area contributed by atoms with Gasteiger partial charge in [-0.25, -0.2) is 4.39 Å². The number of halogens is 1. The molecule has 1 heterocycles. The number of H-pyrrole nitrogens is 1. The average Bonchev–Trinajstić information content (AvgIpc) is 3.02. The van der Waals surface area contributed by atoms with E-state index in [0.29, 0.717) is 17.9 Å². The molecule has 0 fully saturated rings. The summed E-state index contributed by atoms with van der Waals surface area (Å²) in [5.74, 6) is -0.536. The van der Waals surface area contributed by atoms with Crippen molar-refractivity contribution < 1.29 is 9.18 Å². The van der Waals surface area contributed by atoms with Crippen LogP contribution in [-0.2, 0) is 0 Å². The summed E-state index contributed by atoms with van der Waals surface area (Å²) in [5.41, 5.74) is 7.39. The first kappa shape index (κ1) is 16.2. The molecular weight excluding hydrogens is 283 g/mol. The number of hydrogen-bond acceptors (Lipinski definition) is 3. The van der Waals surface area contributed by atoms with Gasteiger partial charge in [0.25, 0.3) is 5.91 Å². The fourth-order valence-corrected chi connectivity index (χ4v) is 2.17. The maximum Gasteiger partial charge on any atom is 0.269 e. The molecule has 0 aliphatic heterocycles. The summed E-state index contributed by atoms with van der Waals surface area (Å²) < 4.78 is 12.9. The third-order valence-electron chi connectivity index (χ3n) is 3.49. The second-order valence-corrected chi connectivity index (χ2v) is 5.22. The van der Waals surface area contributed by atoms with Crippen LogP contribution in [0.2, 0.25) is 0 Å². The highest BCUT2D eigenvalue weighted by molar-refractivity contribution is 5.93. The Kier molecular flexibility index (Phi) is 5.66. The predicted octanol–water partition coefficient (Wildman–Crippen LogP) is 2.46. The Balaban J connectivity index is 2.03. The highest BCUT2D eigenvalue weighted by atomic mass is 19.1. The van der Waals surface area contributed by atoms with Crippen LogP contribution in [0.5, 0.6) is 0 Å². The van der Waals surface area contributed by atoms with Gasteiger partial charge in [0.05, 0.1) is 5.69 Å². The van der Waals surface area contributed by atoms with E-state index in [1.165, 1.54) is 12.1 Å². The van der Waals surface area contributed by atoms with Crippen molar-refractivity contribution >= 4 is 5.91 Å². The van der Waals surface area contributed by atoms with Gasteiger partial charge in [0.15, 0.2) is 0 Å². The van der Waals surface area contributed by atoms with Crippen molar-refractivity contribution in [1.29, 1.82) is 0 Å². The number of aromatic amines is 1. The predicted molar refractivity (Wildman–Crippen MR) is 83.8 cm³/mol. The van der Waals surface area contributed by atoms with Gasteiger partial charge in [-0.2, -0.15) is 5.10 Å². The van der Waals surface area contributed by atoms with Crippen molar-refractivity contribution in [3.05, 3.63) is 41.8 Å². The van der Waals surface area contributed by atoms with Crippen LogP contribution >= 0.6 is 0 Å². The lowest BCUT2D eigenvalue weighted by atomic mass is 10.1. The minimum atomic E-state index is -0.307. The van der Waals surface area contributed by atoms with Gasteiger partial charge in [-0.15, -0.1) is 0 Å². The molecule has 2 rings (SSSR count). The number of carbonyl (C=O) groups is 1. The maximum atomic E-state index is 12.9. The fourth-order valence-electron chi connectivity index (χ4n) is 2.17. The maximum absolute atomic E-state index is 12.9. The van der Waals surface area contributed by atoms with Gasteiger partial charge in [0.1, 0.15) is 11.5 Å². The molecule has 0 radical (unpaired) electrons. The molecule has 0 bridgehead atoms. The Morgan fingerprint density at radius 1 is 1.41 bits per heavy atom. The second-order valence-electron chi connectivity index (χ2n) is 5.22. The first-order valence-corrected chi connectivity index (χ1v) is 7.46. The highest BCUT2D eigenvalue weighted by Gasteiger charge is 2.15. The van der Waals surface area contributed by atoms with Crippen molar-refractivity contribution in [2.75, 3.05) is 6.54 Å². The molecule has 0 aliphatic carbocycles. The summed E-state index contributed by atoms with van der Waals surface area (Å²) in [4.78, 5) is 12.2. The lowest BCUT2D eigenvalue weighted by molar-refractivity contribution is 0.0930. The van der Waals surface area contributed by atoms with Crippen molar-refractivity contribution in [3.63, 3.8) is 0 Å². The molecule has 0 aliphatic rings. The SMILES string of the molecule is CCCCC(CN)NC(=O)c1cc(-c2ccc(F)cc2)n[nH]1. The van der Waals surface area contributed by atoms with E-state index >= 15 is 0 Å². The number of hydrogen-bond donors (Lipinski definition) is 3. The Bertz CT molecular complexity index is 609. The molecule has 118 valence electrons. The summed E-state index contributed by atoms with van der Waals surface area (Å²) in [6, 6.07) is 7.58. The number of nitrogens with two attached hydrogens (primary N) is 1. The van der Waals surface area contributed by atoms with Crippen LogP contribution in [0.4, 0.5) is 4.39 Å². The zero-order valence-corrected chi connectivity index (χ0v) is 12.6. The van der Waals surface area contributed by atoms with E-state index in [-0.39, 0.29) is 17.8 Å². The van der Waals surface area contributed by atoms with Gasteiger partial charge in [-0.1, -0.05) is 19.8 Å². The molecule has 1 amide bonds. The zero-order chi connectivity index (χ0) is 15.9. The summed E-state index contributed by atoms with van der Waals surface area (Å²) in [7, 11) is 0. The lowest BCUT2D eigenvalue weighted by Gasteiger charge is -2.15. The molecule has 0 saturated heterocycles. The number of benzene rings is 1. The first-order chi connectivity index (χ1) is 10.6. The van der Waals surface area contributed by atoms with Crippen molar-refractivity contribution in [3.8, 4) is 11.3 Å².